The average Bonchev–Trinajstić information content (AvgIpc) is 2.17. The van der Waals surface area contributed by atoms with E-state index in [9.17, 15) is 8.42 Å². The lowest BCUT2D eigenvalue weighted by Crippen LogP contribution is -2.36. The molecule has 0 aliphatic heterocycles. The highest BCUT2D eigenvalue weighted by atomic mass is 79.9. The van der Waals surface area contributed by atoms with Crippen molar-refractivity contribution in [3.05, 3.63) is 28.7 Å². The third-order valence-corrected chi connectivity index (χ3v) is 4.57. The van der Waals surface area contributed by atoms with E-state index in [1.54, 1.807) is 24.3 Å². The molecule has 1 atom stereocenters. The monoisotopic (exact) mass is 305 g/mol. The number of benzene rings is 1. The molecule has 0 amide bonds. The Balaban J connectivity index is 2.90. The topological polar surface area (TPSA) is 46.2 Å². The van der Waals surface area contributed by atoms with Crippen molar-refractivity contribution in [2.75, 3.05) is 0 Å². The first-order valence-electron chi connectivity index (χ1n) is 5.11. The molecule has 0 spiro atoms. The van der Waals surface area contributed by atoms with Crippen molar-refractivity contribution in [3.8, 4) is 0 Å². The van der Waals surface area contributed by atoms with E-state index >= 15 is 0 Å². The Bertz CT molecular complexity index is 440. The first-order valence-corrected chi connectivity index (χ1v) is 7.38. The summed E-state index contributed by atoms with van der Waals surface area (Å²) in [4.78, 5) is 0.295. The molecule has 0 aliphatic carbocycles. The maximum Gasteiger partial charge on any atom is 0.240 e. The Kier molecular flexibility index (Phi) is 4.52. The average molecular weight is 306 g/mol. The normalized spacial score (nSPS) is 14.1. The van der Waals surface area contributed by atoms with Crippen LogP contribution in [0, 0.1) is 5.92 Å². The lowest BCUT2D eigenvalue weighted by Gasteiger charge is -2.17. The fourth-order valence-electron chi connectivity index (χ4n) is 1.06. The molecule has 1 rings (SSSR count). The summed E-state index contributed by atoms with van der Waals surface area (Å²) in [6.45, 7) is 5.82. The zero-order valence-electron chi connectivity index (χ0n) is 9.57. The zero-order chi connectivity index (χ0) is 12.3. The third-order valence-electron chi connectivity index (χ3n) is 2.46. The molecule has 0 aromatic heterocycles. The highest BCUT2D eigenvalue weighted by Gasteiger charge is 2.18. The maximum atomic E-state index is 11.9. The number of hydrogen-bond donors (Lipinski definition) is 1. The molecular weight excluding hydrogens is 290 g/mol. The highest BCUT2D eigenvalue weighted by Crippen LogP contribution is 2.15. The van der Waals surface area contributed by atoms with Crippen molar-refractivity contribution in [1.29, 1.82) is 0 Å². The standard InChI is InChI=1S/C11H16BrNO2S/c1-8(2)9(3)13-16(14,15)11-6-4-10(12)5-7-11/h4-9,13H,1-3H3/t9-/m0/s1. The van der Waals surface area contributed by atoms with Crippen molar-refractivity contribution in [3.63, 3.8) is 0 Å². The van der Waals surface area contributed by atoms with Crippen molar-refractivity contribution >= 4 is 26.0 Å². The van der Waals surface area contributed by atoms with Gasteiger partial charge in [-0.3, -0.25) is 0 Å². The van der Waals surface area contributed by atoms with Gasteiger partial charge in [0.2, 0.25) is 10.0 Å². The van der Waals surface area contributed by atoms with Crippen molar-refractivity contribution in [2.24, 2.45) is 5.92 Å². The number of rotatable bonds is 4. The molecule has 0 fully saturated rings. The van der Waals surface area contributed by atoms with Crippen LogP contribution in [0.1, 0.15) is 20.8 Å². The summed E-state index contributed by atoms with van der Waals surface area (Å²) in [5.74, 6) is 0.269. The van der Waals surface area contributed by atoms with Gasteiger partial charge in [-0.1, -0.05) is 29.8 Å². The van der Waals surface area contributed by atoms with Crippen molar-refractivity contribution in [2.45, 2.75) is 31.7 Å². The van der Waals surface area contributed by atoms with Gasteiger partial charge < -0.3 is 0 Å². The molecule has 90 valence electrons. The van der Waals surface area contributed by atoms with E-state index in [1.165, 1.54) is 0 Å². The molecule has 0 unspecified atom stereocenters. The smallest absolute Gasteiger partial charge is 0.208 e. The van der Waals surface area contributed by atoms with Gasteiger partial charge in [-0.15, -0.1) is 0 Å². The second-order valence-corrected chi connectivity index (χ2v) is 6.74. The molecule has 1 aromatic rings. The van der Waals surface area contributed by atoms with E-state index in [1.807, 2.05) is 20.8 Å². The SMILES string of the molecule is CC(C)[C@H](C)NS(=O)(=O)c1ccc(Br)cc1. The van der Waals surface area contributed by atoms with Crippen LogP contribution in [0.5, 0.6) is 0 Å². The van der Waals surface area contributed by atoms with Crippen LogP contribution < -0.4 is 4.72 Å². The number of halogens is 1. The number of nitrogens with one attached hydrogen (secondary N) is 1. The third kappa shape index (κ3) is 3.57. The summed E-state index contributed by atoms with van der Waals surface area (Å²) < 4.78 is 27.4. The van der Waals surface area contributed by atoms with Crippen LogP contribution in [-0.2, 0) is 10.0 Å². The van der Waals surface area contributed by atoms with Gasteiger partial charge in [-0.2, -0.15) is 0 Å². The minimum Gasteiger partial charge on any atom is -0.208 e. The van der Waals surface area contributed by atoms with Gasteiger partial charge in [-0.25, -0.2) is 13.1 Å². The van der Waals surface area contributed by atoms with E-state index in [-0.39, 0.29) is 12.0 Å². The molecule has 0 aliphatic rings. The Morgan fingerprint density at radius 1 is 1.12 bits per heavy atom. The van der Waals surface area contributed by atoms with E-state index in [4.69, 9.17) is 0 Å². The number of hydrogen-bond acceptors (Lipinski definition) is 2. The van der Waals surface area contributed by atoms with Crippen LogP contribution in [0.3, 0.4) is 0 Å². The quantitative estimate of drug-likeness (QED) is 0.930. The van der Waals surface area contributed by atoms with Gasteiger partial charge in [0.25, 0.3) is 0 Å². The van der Waals surface area contributed by atoms with E-state index in [0.717, 1.165) is 4.47 Å². The Hall–Kier alpha value is -0.390. The van der Waals surface area contributed by atoms with Crippen LogP contribution in [-0.4, -0.2) is 14.5 Å². The fraction of sp³-hybridized carbons (Fsp3) is 0.455. The molecule has 5 heteroatoms. The van der Waals surface area contributed by atoms with Crippen LogP contribution >= 0.6 is 15.9 Å². The minimum absolute atomic E-state index is 0.0753. The highest BCUT2D eigenvalue weighted by molar-refractivity contribution is 9.10. The lowest BCUT2D eigenvalue weighted by atomic mass is 10.1. The van der Waals surface area contributed by atoms with E-state index < -0.39 is 10.0 Å². The first-order chi connectivity index (χ1) is 7.33. The van der Waals surface area contributed by atoms with Crippen LogP contribution in [0.2, 0.25) is 0 Å². The van der Waals surface area contributed by atoms with Crippen LogP contribution in [0.25, 0.3) is 0 Å². The summed E-state index contributed by atoms with van der Waals surface area (Å²) in [5.41, 5.74) is 0. The molecule has 0 bridgehead atoms. The molecule has 0 saturated heterocycles. The van der Waals surface area contributed by atoms with E-state index in [2.05, 4.69) is 20.7 Å². The molecule has 16 heavy (non-hydrogen) atoms. The van der Waals surface area contributed by atoms with Gasteiger partial charge in [-0.05, 0) is 37.1 Å². The second-order valence-electron chi connectivity index (χ2n) is 4.11. The van der Waals surface area contributed by atoms with Crippen LogP contribution in [0.4, 0.5) is 0 Å². The lowest BCUT2D eigenvalue weighted by molar-refractivity contribution is 0.476. The Morgan fingerprint density at radius 3 is 2.06 bits per heavy atom. The number of sulfonamides is 1. The second kappa shape index (κ2) is 5.29. The summed E-state index contributed by atoms with van der Waals surface area (Å²) in [7, 11) is -3.39. The maximum absolute atomic E-state index is 11.9. The Labute approximate surface area is 105 Å². The molecule has 1 N–H and O–H groups in total. The predicted molar refractivity (Wildman–Crippen MR) is 68.8 cm³/mol. The minimum atomic E-state index is -3.39. The zero-order valence-corrected chi connectivity index (χ0v) is 12.0. The molecule has 0 saturated carbocycles. The van der Waals surface area contributed by atoms with Gasteiger partial charge in [0, 0.05) is 10.5 Å². The fourth-order valence-corrected chi connectivity index (χ4v) is 2.72. The summed E-state index contributed by atoms with van der Waals surface area (Å²) in [6, 6.07) is 6.52. The van der Waals surface area contributed by atoms with E-state index in [0.29, 0.717) is 4.90 Å². The molecule has 3 nitrogen and oxygen atoms in total. The van der Waals surface area contributed by atoms with Crippen molar-refractivity contribution in [1.82, 2.24) is 4.72 Å². The molecule has 0 heterocycles. The predicted octanol–water partition coefficient (Wildman–Crippen LogP) is 2.77. The Morgan fingerprint density at radius 2 is 1.62 bits per heavy atom. The van der Waals surface area contributed by atoms with Gasteiger partial charge in [0.05, 0.1) is 4.90 Å². The van der Waals surface area contributed by atoms with Crippen molar-refractivity contribution < 1.29 is 8.42 Å². The van der Waals surface area contributed by atoms with Gasteiger partial charge >= 0.3 is 0 Å². The molecule has 0 radical (unpaired) electrons. The first kappa shape index (κ1) is 13.7. The van der Waals surface area contributed by atoms with Gasteiger partial charge in [0.1, 0.15) is 0 Å². The summed E-state index contributed by atoms with van der Waals surface area (Å²) >= 11 is 3.27. The molecular formula is C11H16BrNO2S. The molecule has 1 aromatic carbocycles. The summed E-state index contributed by atoms with van der Waals surface area (Å²) in [6.07, 6.45) is 0. The largest absolute Gasteiger partial charge is 0.240 e. The van der Waals surface area contributed by atoms with Gasteiger partial charge in [0.15, 0.2) is 0 Å². The summed E-state index contributed by atoms with van der Waals surface area (Å²) in [5, 5.41) is 0. The van der Waals surface area contributed by atoms with Crippen LogP contribution in [0.15, 0.2) is 33.6 Å².